The molecule has 0 aliphatic heterocycles. The van der Waals surface area contributed by atoms with Gasteiger partial charge in [-0.1, -0.05) is 62.5 Å². The predicted molar refractivity (Wildman–Crippen MR) is 104 cm³/mol. The van der Waals surface area contributed by atoms with E-state index in [-0.39, 0.29) is 11.9 Å². The molecule has 1 atom stereocenters. The van der Waals surface area contributed by atoms with E-state index in [9.17, 15) is 4.79 Å². The Kier molecular flexibility index (Phi) is 6.12. The van der Waals surface area contributed by atoms with Crippen molar-refractivity contribution >= 4 is 5.91 Å². The molecule has 4 heteroatoms. The highest BCUT2D eigenvalue weighted by molar-refractivity contribution is 5.93. The normalized spacial score (nSPS) is 16.6. The Morgan fingerprint density at radius 1 is 1.15 bits per heavy atom. The average molecular weight is 354 g/mol. The summed E-state index contributed by atoms with van der Waals surface area (Å²) in [6.45, 7) is 6.31. The molecule has 0 unspecified atom stereocenters. The Hall–Kier alpha value is -2.10. The van der Waals surface area contributed by atoms with Crippen molar-refractivity contribution < 1.29 is 9.32 Å². The maximum absolute atomic E-state index is 12.3. The lowest BCUT2D eigenvalue weighted by Gasteiger charge is -2.21. The number of hydrogen-bond acceptors (Lipinski definition) is 3. The summed E-state index contributed by atoms with van der Waals surface area (Å²) in [7, 11) is 0. The summed E-state index contributed by atoms with van der Waals surface area (Å²) in [5.41, 5.74) is 2.71. The van der Waals surface area contributed by atoms with Gasteiger partial charge in [-0.3, -0.25) is 4.79 Å². The van der Waals surface area contributed by atoms with Crippen molar-refractivity contribution in [1.29, 1.82) is 0 Å². The Morgan fingerprint density at radius 3 is 2.50 bits per heavy atom. The van der Waals surface area contributed by atoms with Crippen molar-refractivity contribution in [3.63, 3.8) is 0 Å². The lowest BCUT2D eigenvalue weighted by molar-refractivity contribution is 0.0927. The fourth-order valence-corrected chi connectivity index (χ4v) is 3.94. The number of nitrogens with one attached hydrogen (secondary N) is 1. The lowest BCUT2D eigenvalue weighted by Crippen LogP contribution is -2.33. The first kappa shape index (κ1) is 18.7. The third-order valence-corrected chi connectivity index (χ3v) is 5.22. The number of benzene rings is 1. The molecule has 1 aliphatic rings. The fraction of sp³-hybridized carbons (Fsp3) is 0.545. The average Bonchev–Trinajstić information content (AvgIpc) is 3.12. The molecule has 2 aromatic rings. The summed E-state index contributed by atoms with van der Waals surface area (Å²) < 4.78 is 5.41. The van der Waals surface area contributed by atoms with Gasteiger partial charge in [0, 0.05) is 17.7 Å². The number of hydrogen-bond donors (Lipinski definition) is 1. The van der Waals surface area contributed by atoms with Crippen molar-refractivity contribution in [1.82, 2.24) is 10.5 Å². The molecule has 1 aliphatic carbocycles. The van der Waals surface area contributed by atoms with Crippen LogP contribution in [0.25, 0.3) is 11.3 Å². The van der Waals surface area contributed by atoms with E-state index in [1.807, 2.05) is 6.92 Å². The molecule has 0 radical (unpaired) electrons. The van der Waals surface area contributed by atoms with Crippen LogP contribution in [0.3, 0.4) is 0 Å². The molecule has 1 N–H and O–H groups in total. The first-order chi connectivity index (χ1) is 12.5. The van der Waals surface area contributed by atoms with Crippen LogP contribution in [0.5, 0.6) is 0 Å². The minimum Gasteiger partial charge on any atom is -0.355 e. The zero-order chi connectivity index (χ0) is 18.5. The van der Waals surface area contributed by atoms with Crippen molar-refractivity contribution in [2.45, 2.75) is 71.3 Å². The van der Waals surface area contributed by atoms with E-state index in [0.717, 1.165) is 12.0 Å². The van der Waals surface area contributed by atoms with Crippen LogP contribution in [-0.2, 0) is 0 Å². The molecule has 140 valence electrons. The van der Waals surface area contributed by atoms with Gasteiger partial charge in [0.05, 0.1) is 0 Å². The van der Waals surface area contributed by atoms with Gasteiger partial charge in [-0.2, -0.15) is 0 Å². The largest absolute Gasteiger partial charge is 0.355 e. The fourth-order valence-electron chi connectivity index (χ4n) is 3.94. The van der Waals surface area contributed by atoms with Crippen molar-refractivity contribution in [2.75, 3.05) is 0 Å². The highest BCUT2D eigenvalue weighted by Gasteiger charge is 2.18. The van der Waals surface area contributed by atoms with Crippen molar-refractivity contribution in [3.8, 4) is 11.3 Å². The molecule has 1 saturated carbocycles. The van der Waals surface area contributed by atoms with Gasteiger partial charge in [-0.25, -0.2) is 0 Å². The minimum atomic E-state index is -0.174. The van der Waals surface area contributed by atoms with E-state index in [1.165, 1.54) is 37.7 Å². The molecular weight excluding hydrogens is 324 g/mol. The summed E-state index contributed by atoms with van der Waals surface area (Å²) in [6, 6.07) is 10.4. The van der Waals surface area contributed by atoms with Crippen LogP contribution in [0.4, 0.5) is 0 Å². The molecule has 0 bridgehead atoms. The highest BCUT2D eigenvalue weighted by Crippen LogP contribution is 2.33. The summed E-state index contributed by atoms with van der Waals surface area (Å²) >= 11 is 0. The number of amides is 1. The van der Waals surface area contributed by atoms with Crippen molar-refractivity contribution in [3.05, 3.63) is 41.6 Å². The number of rotatable bonds is 6. The summed E-state index contributed by atoms with van der Waals surface area (Å²) in [5.74, 6) is 1.70. The first-order valence-corrected chi connectivity index (χ1v) is 9.91. The van der Waals surface area contributed by atoms with Crippen LogP contribution in [0.1, 0.15) is 81.3 Å². The van der Waals surface area contributed by atoms with E-state index in [4.69, 9.17) is 4.52 Å². The van der Waals surface area contributed by atoms with Crippen molar-refractivity contribution in [2.24, 2.45) is 5.92 Å². The van der Waals surface area contributed by atoms with Gasteiger partial charge in [0.25, 0.3) is 5.91 Å². The second-order valence-corrected chi connectivity index (χ2v) is 8.04. The van der Waals surface area contributed by atoms with Gasteiger partial charge in [0.2, 0.25) is 0 Å². The molecule has 0 saturated heterocycles. The topological polar surface area (TPSA) is 55.1 Å². The van der Waals surface area contributed by atoms with Gasteiger partial charge in [0.1, 0.15) is 0 Å². The molecular formula is C22H30N2O2. The molecule has 26 heavy (non-hydrogen) atoms. The van der Waals surface area contributed by atoms with E-state index in [2.05, 4.69) is 48.6 Å². The smallest absolute Gasteiger partial charge is 0.273 e. The van der Waals surface area contributed by atoms with Crippen LogP contribution in [0.15, 0.2) is 34.9 Å². The second-order valence-electron chi connectivity index (χ2n) is 8.04. The number of aromatic nitrogens is 1. The third kappa shape index (κ3) is 4.75. The Labute approximate surface area is 156 Å². The molecule has 0 spiro atoms. The van der Waals surface area contributed by atoms with Crippen LogP contribution in [-0.4, -0.2) is 17.1 Å². The highest BCUT2D eigenvalue weighted by atomic mass is 16.5. The van der Waals surface area contributed by atoms with Gasteiger partial charge in [-0.15, -0.1) is 0 Å². The lowest BCUT2D eigenvalue weighted by atomic mass is 9.84. The Bertz CT molecular complexity index is 712. The number of nitrogens with zero attached hydrogens (tertiary/aromatic N) is 1. The van der Waals surface area contributed by atoms with Gasteiger partial charge in [-0.05, 0) is 43.6 Å². The maximum Gasteiger partial charge on any atom is 0.273 e. The zero-order valence-corrected chi connectivity index (χ0v) is 16.1. The van der Waals surface area contributed by atoms with Crippen LogP contribution in [0.2, 0.25) is 0 Å². The summed E-state index contributed by atoms with van der Waals surface area (Å²) in [4.78, 5) is 12.3. The predicted octanol–water partition coefficient (Wildman–Crippen LogP) is 5.55. The van der Waals surface area contributed by atoms with E-state index >= 15 is 0 Å². The second kappa shape index (κ2) is 8.52. The monoisotopic (exact) mass is 354 g/mol. The third-order valence-electron chi connectivity index (χ3n) is 5.22. The molecule has 3 rings (SSSR count). The maximum atomic E-state index is 12.3. The SMILES string of the molecule is CC(C)C[C@@H](C)NC(=O)c1cc(-c2ccc(C3CCCCC3)cc2)on1. The molecule has 1 aromatic heterocycles. The Balaban J connectivity index is 1.64. The minimum absolute atomic E-state index is 0.123. The van der Waals surface area contributed by atoms with Gasteiger partial charge >= 0.3 is 0 Å². The van der Waals surface area contributed by atoms with Crippen LogP contribution < -0.4 is 5.32 Å². The van der Waals surface area contributed by atoms with Crippen LogP contribution >= 0.6 is 0 Å². The van der Waals surface area contributed by atoms with E-state index < -0.39 is 0 Å². The molecule has 1 aromatic carbocycles. The molecule has 1 amide bonds. The summed E-state index contributed by atoms with van der Waals surface area (Å²) in [6.07, 6.45) is 7.57. The van der Waals surface area contributed by atoms with E-state index in [1.54, 1.807) is 6.07 Å². The Morgan fingerprint density at radius 2 is 1.85 bits per heavy atom. The molecule has 1 fully saturated rings. The van der Waals surface area contributed by atoms with Crippen LogP contribution in [0, 0.1) is 5.92 Å². The molecule has 4 nitrogen and oxygen atoms in total. The van der Waals surface area contributed by atoms with Gasteiger partial charge < -0.3 is 9.84 Å². The number of carbonyl (C=O) groups excluding carboxylic acids is 1. The van der Waals surface area contributed by atoms with Gasteiger partial charge in [0.15, 0.2) is 11.5 Å². The zero-order valence-electron chi connectivity index (χ0n) is 16.1. The molecule has 1 heterocycles. The quantitative estimate of drug-likeness (QED) is 0.739. The van der Waals surface area contributed by atoms with E-state index in [0.29, 0.717) is 23.3 Å². The number of carbonyl (C=O) groups is 1. The standard InChI is InChI=1S/C22H30N2O2/c1-15(2)13-16(3)23-22(25)20-14-21(26-24-20)19-11-9-18(10-12-19)17-7-5-4-6-8-17/h9-12,14-17H,4-8,13H2,1-3H3,(H,23,25)/t16-/m1/s1. The summed E-state index contributed by atoms with van der Waals surface area (Å²) in [5, 5.41) is 6.93. The first-order valence-electron chi connectivity index (χ1n) is 9.91.